The lowest BCUT2D eigenvalue weighted by atomic mass is 9.94. The van der Waals surface area contributed by atoms with Crippen molar-refractivity contribution in [3.05, 3.63) is 39.7 Å². The van der Waals surface area contributed by atoms with E-state index >= 15 is 0 Å². The molecule has 1 aliphatic heterocycles. The van der Waals surface area contributed by atoms with Gasteiger partial charge >= 0.3 is 11.9 Å². The van der Waals surface area contributed by atoms with Crippen molar-refractivity contribution in [2.45, 2.75) is 0 Å². The van der Waals surface area contributed by atoms with Crippen molar-refractivity contribution in [2.75, 3.05) is 52.3 Å². The molecule has 3 rings (SSSR count). The van der Waals surface area contributed by atoms with E-state index in [1.54, 1.807) is 6.07 Å². The molecule has 1 saturated heterocycles. The van der Waals surface area contributed by atoms with E-state index in [4.69, 9.17) is 19.9 Å². The quantitative estimate of drug-likeness (QED) is 0.466. The summed E-state index contributed by atoms with van der Waals surface area (Å²) < 4.78 is 16.6. The first kappa shape index (κ1) is 22.1. The number of carbonyl (C=O) groups is 2. The molecule has 1 fully saturated rings. The van der Waals surface area contributed by atoms with Crippen molar-refractivity contribution in [3.63, 3.8) is 0 Å². The van der Waals surface area contributed by atoms with Crippen LogP contribution in [0, 0.1) is 0 Å². The molecule has 1 aromatic carbocycles. The van der Waals surface area contributed by atoms with Crippen molar-refractivity contribution in [2.24, 2.45) is 0 Å². The fraction of sp³-hybridized carbons (Fsp3) is 0.350. The van der Waals surface area contributed by atoms with E-state index in [1.165, 1.54) is 19.2 Å². The number of aromatic carboxylic acids is 2. The van der Waals surface area contributed by atoms with Crippen molar-refractivity contribution >= 4 is 17.8 Å². The summed E-state index contributed by atoms with van der Waals surface area (Å²) >= 11 is 0. The fourth-order valence-electron chi connectivity index (χ4n) is 3.44. The molecule has 0 radical (unpaired) electrons. The Morgan fingerprint density at radius 2 is 1.87 bits per heavy atom. The number of benzene rings is 1. The Morgan fingerprint density at radius 1 is 1.19 bits per heavy atom. The number of rotatable bonds is 8. The Balaban J connectivity index is 2.11. The lowest BCUT2D eigenvalue weighted by Crippen LogP contribution is -2.38. The fourth-order valence-corrected chi connectivity index (χ4v) is 3.44. The van der Waals surface area contributed by atoms with Gasteiger partial charge in [0.15, 0.2) is 11.5 Å². The minimum atomic E-state index is -1.60. The number of hydrogen-bond acceptors (Lipinski definition) is 8. The summed E-state index contributed by atoms with van der Waals surface area (Å²) in [6, 6.07) is 4.59. The van der Waals surface area contributed by atoms with Gasteiger partial charge in [-0.1, -0.05) is 12.1 Å². The van der Waals surface area contributed by atoms with Crippen LogP contribution in [0.15, 0.2) is 23.0 Å². The highest BCUT2D eigenvalue weighted by Gasteiger charge is 2.29. The molecule has 11 nitrogen and oxygen atoms in total. The maximum absolute atomic E-state index is 12.3. The van der Waals surface area contributed by atoms with Gasteiger partial charge in [0.2, 0.25) is 0 Å². The number of H-pyrrole nitrogens is 1. The van der Waals surface area contributed by atoms with Crippen molar-refractivity contribution in [1.82, 2.24) is 9.88 Å². The summed E-state index contributed by atoms with van der Waals surface area (Å²) in [6.45, 7) is 3.52. The van der Waals surface area contributed by atoms with Crippen LogP contribution >= 0.6 is 0 Å². The van der Waals surface area contributed by atoms with Crippen LogP contribution in [0.4, 0.5) is 5.82 Å². The first-order valence-corrected chi connectivity index (χ1v) is 9.47. The van der Waals surface area contributed by atoms with Gasteiger partial charge in [0.1, 0.15) is 23.6 Å². The number of methoxy groups -OCH3 is 1. The number of nitrogen functional groups attached to an aromatic ring is 1. The zero-order valence-electron chi connectivity index (χ0n) is 16.8. The zero-order valence-corrected chi connectivity index (χ0v) is 16.8. The number of nitrogens with two attached hydrogens (primary N) is 1. The average Bonchev–Trinajstić information content (AvgIpc) is 2.73. The van der Waals surface area contributed by atoms with Gasteiger partial charge in [-0.05, 0) is 6.07 Å². The predicted octanol–water partition coefficient (Wildman–Crippen LogP) is 0.740. The Hall–Kier alpha value is -3.57. The zero-order chi connectivity index (χ0) is 22.5. The van der Waals surface area contributed by atoms with Gasteiger partial charge in [0.25, 0.3) is 5.56 Å². The molecular formula is C20H23N3O8. The molecule has 1 aromatic heterocycles. The molecule has 0 atom stereocenters. The van der Waals surface area contributed by atoms with E-state index in [-0.39, 0.29) is 29.2 Å². The van der Waals surface area contributed by atoms with Crippen molar-refractivity contribution < 1.29 is 34.0 Å². The van der Waals surface area contributed by atoms with E-state index in [1.807, 2.05) is 0 Å². The Kier molecular flexibility index (Phi) is 6.78. The normalized spacial score (nSPS) is 14.2. The largest absolute Gasteiger partial charge is 0.493 e. The number of pyridine rings is 1. The molecule has 0 aliphatic carbocycles. The monoisotopic (exact) mass is 433 g/mol. The third-order valence-corrected chi connectivity index (χ3v) is 4.90. The molecule has 166 valence electrons. The summed E-state index contributed by atoms with van der Waals surface area (Å²) in [6.07, 6.45) is 0. The van der Waals surface area contributed by atoms with Gasteiger partial charge in [0, 0.05) is 30.8 Å². The number of ether oxygens (including phenoxy) is 3. The van der Waals surface area contributed by atoms with Crippen LogP contribution in [0.1, 0.15) is 20.7 Å². The minimum absolute atomic E-state index is 0.0777. The molecule has 1 aliphatic rings. The van der Waals surface area contributed by atoms with Crippen LogP contribution in [0.3, 0.4) is 0 Å². The predicted molar refractivity (Wildman–Crippen MR) is 110 cm³/mol. The van der Waals surface area contributed by atoms with Crippen LogP contribution in [0.25, 0.3) is 11.1 Å². The number of anilines is 1. The maximum Gasteiger partial charge on any atom is 0.342 e. The molecule has 2 aromatic rings. The Morgan fingerprint density at radius 3 is 2.48 bits per heavy atom. The number of aromatic nitrogens is 1. The third-order valence-electron chi connectivity index (χ3n) is 4.90. The summed E-state index contributed by atoms with van der Waals surface area (Å²) in [7, 11) is 1.40. The summed E-state index contributed by atoms with van der Waals surface area (Å²) in [5.41, 5.74) is 3.15. The molecular weight excluding hydrogens is 410 g/mol. The van der Waals surface area contributed by atoms with Gasteiger partial charge in [-0.3, -0.25) is 9.69 Å². The van der Waals surface area contributed by atoms with Crippen molar-refractivity contribution in [1.29, 1.82) is 0 Å². The number of nitrogens with zero attached hydrogens (tertiary/aromatic N) is 1. The van der Waals surface area contributed by atoms with E-state index in [9.17, 15) is 24.6 Å². The number of morpholine rings is 1. The first-order valence-electron chi connectivity index (χ1n) is 9.47. The van der Waals surface area contributed by atoms with Crippen molar-refractivity contribution in [3.8, 4) is 22.6 Å². The second kappa shape index (κ2) is 9.49. The summed E-state index contributed by atoms with van der Waals surface area (Å²) in [4.78, 5) is 40.3. The number of carboxylic acids is 2. The highest BCUT2D eigenvalue weighted by molar-refractivity contribution is 6.08. The minimum Gasteiger partial charge on any atom is -0.493 e. The van der Waals surface area contributed by atoms with Gasteiger partial charge in [-0.15, -0.1) is 0 Å². The lowest BCUT2D eigenvalue weighted by molar-refractivity contribution is 0.0321. The first-order chi connectivity index (χ1) is 14.8. The summed E-state index contributed by atoms with van der Waals surface area (Å²) in [5.74, 6) is -3.17. The van der Waals surface area contributed by atoms with Gasteiger partial charge < -0.3 is 35.1 Å². The molecule has 2 heterocycles. The standard InChI is InChI=1S/C20H23N3O8/c1-29-12-4-2-3-11(16(12)31-10-7-23-5-8-30-9-6-23)13-14(19(25)26)17(21)22-18(24)15(13)20(27)28/h2-4H,5-10H2,1H3,(H,25,26)(H,27,28)(H3,21,22,24). The van der Waals surface area contributed by atoms with E-state index in [2.05, 4.69) is 9.88 Å². The van der Waals surface area contributed by atoms with E-state index < -0.39 is 34.4 Å². The number of aromatic amines is 1. The van der Waals surface area contributed by atoms with Crippen LogP contribution in [0.5, 0.6) is 11.5 Å². The third kappa shape index (κ3) is 4.62. The van der Waals surface area contributed by atoms with E-state index in [0.717, 1.165) is 13.1 Å². The van der Waals surface area contributed by atoms with Crippen LogP contribution in [-0.2, 0) is 4.74 Å². The molecule has 11 heteroatoms. The highest BCUT2D eigenvalue weighted by Crippen LogP contribution is 2.41. The van der Waals surface area contributed by atoms with Gasteiger partial charge in [-0.2, -0.15) is 0 Å². The maximum atomic E-state index is 12.3. The van der Waals surface area contributed by atoms with Gasteiger partial charge in [0.05, 0.1) is 20.3 Å². The number of hydrogen-bond donors (Lipinski definition) is 4. The Labute approximate surface area is 177 Å². The Bertz CT molecular complexity index is 1040. The molecule has 31 heavy (non-hydrogen) atoms. The van der Waals surface area contributed by atoms with Crippen LogP contribution in [-0.4, -0.2) is 78.6 Å². The topological polar surface area (TPSA) is 164 Å². The molecule has 0 saturated carbocycles. The molecule has 0 unspecified atom stereocenters. The second-order valence-electron chi connectivity index (χ2n) is 6.74. The summed E-state index contributed by atoms with van der Waals surface area (Å²) in [5, 5.41) is 19.3. The molecule has 0 bridgehead atoms. The highest BCUT2D eigenvalue weighted by atomic mass is 16.5. The number of nitrogens with one attached hydrogen (secondary N) is 1. The van der Waals surface area contributed by atoms with Crippen LogP contribution < -0.4 is 20.8 Å². The SMILES string of the molecule is COc1cccc(-c2c(C(=O)O)c(N)[nH]c(=O)c2C(=O)O)c1OCCN1CCOCC1. The molecule has 0 amide bonds. The number of carboxylic acid groups (broad SMARTS) is 2. The van der Waals surface area contributed by atoms with Crippen LogP contribution in [0.2, 0.25) is 0 Å². The van der Waals surface area contributed by atoms with E-state index in [0.29, 0.717) is 19.8 Å². The second-order valence-corrected chi connectivity index (χ2v) is 6.74. The number of para-hydroxylation sites is 1. The average molecular weight is 433 g/mol. The lowest BCUT2D eigenvalue weighted by Gasteiger charge is -2.26. The van der Waals surface area contributed by atoms with Gasteiger partial charge in [-0.25, -0.2) is 9.59 Å². The molecule has 0 spiro atoms. The molecule has 5 N–H and O–H groups in total. The smallest absolute Gasteiger partial charge is 0.342 e.